The summed E-state index contributed by atoms with van der Waals surface area (Å²) in [4.78, 5) is 22.2. The van der Waals surface area contributed by atoms with Gasteiger partial charge in [-0.2, -0.15) is 0 Å². The minimum absolute atomic E-state index is 0.0284. The van der Waals surface area contributed by atoms with Crippen LogP contribution in [-0.2, 0) is 0 Å². The van der Waals surface area contributed by atoms with Gasteiger partial charge in [0.15, 0.2) is 12.4 Å². The molecule has 0 aliphatic carbocycles. The standard InChI is InChI=1S/C15H12BrNO4/c1-10-7-13(5-6-14(10)17(19)20)21-9-15(18)11-3-2-4-12(16)8-11/h2-8H,9H2,1H3. The van der Waals surface area contributed by atoms with E-state index in [4.69, 9.17) is 4.74 Å². The van der Waals surface area contributed by atoms with Gasteiger partial charge in [-0.05, 0) is 31.2 Å². The van der Waals surface area contributed by atoms with Crippen LogP contribution < -0.4 is 4.74 Å². The molecule has 2 rings (SSSR count). The number of nitrogens with zero attached hydrogens (tertiary/aromatic N) is 1. The third-order valence-corrected chi connectivity index (χ3v) is 3.37. The highest BCUT2D eigenvalue weighted by Crippen LogP contribution is 2.23. The fourth-order valence-corrected chi connectivity index (χ4v) is 2.22. The molecule has 0 unspecified atom stereocenters. The largest absolute Gasteiger partial charge is 0.485 e. The second kappa shape index (κ2) is 6.49. The summed E-state index contributed by atoms with van der Waals surface area (Å²) < 4.78 is 6.21. The van der Waals surface area contributed by atoms with Crippen LogP contribution in [0.4, 0.5) is 5.69 Å². The highest BCUT2D eigenvalue weighted by molar-refractivity contribution is 9.10. The van der Waals surface area contributed by atoms with Crippen molar-refractivity contribution in [3.8, 4) is 5.75 Å². The maximum Gasteiger partial charge on any atom is 0.272 e. The van der Waals surface area contributed by atoms with Gasteiger partial charge in [0.05, 0.1) is 4.92 Å². The number of benzene rings is 2. The molecule has 5 nitrogen and oxygen atoms in total. The van der Waals surface area contributed by atoms with Crippen LogP contribution in [0.1, 0.15) is 15.9 Å². The van der Waals surface area contributed by atoms with Gasteiger partial charge in [0.2, 0.25) is 0 Å². The van der Waals surface area contributed by atoms with Crippen molar-refractivity contribution in [2.45, 2.75) is 6.92 Å². The molecule has 0 spiro atoms. The van der Waals surface area contributed by atoms with Gasteiger partial charge in [-0.1, -0.05) is 28.1 Å². The van der Waals surface area contributed by atoms with Crippen molar-refractivity contribution in [2.24, 2.45) is 0 Å². The lowest BCUT2D eigenvalue weighted by Gasteiger charge is -2.07. The Kier molecular flexibility index (Phi) is 4.70. The summed E-state index contributed by atoms with van der Waals surface area (Å²) in [5.74, 6) is 0.272. The molecule has 108 valence electrons. The Hall–Kier alpha value is -2.21. The second-order valence-corrected chi connectivity index (χ2v) is 5.34. The molecule has 0 aliphatic heterocycles. The Morgan fingerprint density at radius 1 is 1.29 bits per heavy atom. The fourth-order valence-electron chi connectivity index (χ4n) is 1.82. The van der Waals surface area contributed by atoms with Crippen LogP contribution >= 0.6 is 15.9 Å². The number of aryl methyl sites for hydroxylation is 1. The third kappa shape index (κ3) is 3.88. The van der Waals surface area contributed by atoms with Crippen molar-refractivity contribution in [3.05, 3.63) is 68.2 Å². The number of halogens is 1. The Balaban J connectivity index is 2.05. The Labute approximate surface area is 129 Å². The normalized spacial score (nSPS) is 10.2. The zero-order chi connectivity index (χ0) is 15.4. The minimum Gasteiger partial charge on any atom is -0.485 e. The van der Waals surface area contributed by atoms with E-state index in [0.29, 0.717) is 16.9 Å². The number of hydrogen-bond acceptors (Lipinski definition) is 4. The van der Waals surface area contributed by atoms with Crippen LogP contribution in [0.3, 0.4) is 0 Å². The van der Waals surface area contributed by atoms with Gasteiger partial charge in [0, 0.05) is 21.7 Å². The summed E-state index contributed by atoms with van der Waals surface area (Å²) in [5, 5.41) is 10.7. The predicted molar refractivity (Wildman–Crippen MR) is 81.8 cm³/mol. The Morgan fingerprint density at radius 3 is 2.67 bits per heavy atom. The molecule has 0 saturated heterocycles. The van der Waals surface area contributed by atoms with E-state index in [1.807, 2.05) is 6.07 Å². The minimum atomic E-state index is -0.453. The molecule has 6 heteroatoms. The van der Waals surface area contributed by atoms with Gasteiger partial charge in [-0.25, -0.2) is 0 Å². The monoisotopic (exact) mass is 349 g/mol. The first-order valence-corrected chi connectivity index (χ1v) is 6.93. The molecule has 0 saturated carbocycles. The van der Waals surface area contributed by atoms with Gasteiger partial charge in [0.1, 0.15) is 5.75 Å². The predicted octanol–water partition coefficient (Wildman–Crippen LogP) is 3.93. The molecule has 0 radical (unpaired) electrons. The second-order valence-electron chi connectivity index (χ2n) is 4.43. The number of nitro groups is 1. The molecule has 21 heavy (non-hydrogen) atoms. The van der Waals surface area contributed by atoms with Crippen molar-refractivity contribution < 1.29 is 14.5 Å². The zero-order valence-electron chi connectivity index (χ0n) is 11.2. The summed E-state index contributed by atoms with van der Waals surface area (Å²) in [6.45, 7) is 1.51. The first-order chi connectivity index (χ1) is 9.97. The molecule has 0 bridgehead atoms. The van der Waals surface area contributed by atoms with E-state index in [1.165, 1.54) is 12.1 Å². The van der Waals surface area contributed by atoms with Crippen molar-refractivity contribution in [2.75, 3.05) is 6.61 Å². The highest BCUT2D eigenvalue weighted by Gasteiger charge is 2.12. The maximum absolute atomic E-state index is 12.0. The van der Waals surface area contributed by atoms with Crippen molar-refractivity contribution in [3.63, 3.8) is 0 Å². The number of ether oxygens (including phenoxy) is 1. The van der Waals surface area contributed by atoms with Gasteiger partial charge in [-0.3, -0.25) is 14.9 Å². The van der Waals surface area contributed by atoms with E-state index in [9.17, 15) is 14.9 Å². The van der Waals surface area contributed by atoms with Gasteiger partial charge in [0.25, 0.3) is 5.69 Å². The average Bonchev–Trinajstić information content (AvgIpc) is 2.44. The van der Waals surface area contributed by atoms with Crippen LogP contribution in [0, 0.1) is 17.0 Å². The van der Waals surface area contributed by atoms with E-state index in [2.05, 4.69) is 15.9 Å². The van der Waals surface area contributed by atoms with Crippen molar-refractivity contribution >= 4 is 27.4 Å². The summed E-state index contributed by atoms with van der Waals surface area (Å²) in [6, 6.07) is 11.4. The molecule has 0 aliphatic rings. The lowest BCUT2D eigenvalue weighted by atomic mass is 10.1. The van der Waals surface area contributed by atoms with Gasteiger partial charge < -0.3 is 4.74 Å². The molecule has 0 N–H and O–H groups in total. The molecule has 0 atom stereocenters. The summed E-state index contributed by atoms with van der Waals surface area (Å²) in [5.41, 5.74) is 1.07. The highest BCUT2D eigenvalue weighted by atomic mass is 79.9. The van der Waals surface area contributed by atoms with E-state index in [0.717, 1.165) is 4.47 Å². The number of rotatable bonds is 5. The molecule has 0 aromatic heterocycles. The number of nitro benzene ring substituents is 1. The molecule has 0 amide bonds. The van der Waals surface area contributed by atoms with Gasteiger partial charge in [-0.15, -0.1) is 0 Å². The summed E-state index contributed by atoms with van der Waals surface area (Å²) >= 11 is 3.30. The van der Waals surface area contributed by atoms with E-state index >= 15 is 0 Å². The van der Waals surface area contributed by atoms with Crippen molar-refractivity contribution in [1.82, 2.24) is 0 Å². The molecule has 2 aromatic carbocycles. The van der Waals surface area contributed by atoms with Crippen LogP contribution in [0.2, 0.25) is 0 Å². The molecule has 0 fully saturated rings. The number of Topliss-reactive ketones (excluding diaryl/α,β-unsaturated/α-hetero) is 1. The average molecular weight is 350 g/mol. The third-order valence-electron chi connectivity index (χ3n) is 2.88. The van der Waals surface area contributed by atoms with Crippen LogP contribution in [0.25, 0.3) is 0 Å². The van der Waals surface area contributed by atoms with Crippen molar-refractivity contribution in [1.29, 1.82) is 0 Å². The topological polar surface area (TPSA) is 69.4 Å². The van der Waals surface area contributed by atoms with Crippen LogP contribution in [0.15, 0.2) is 46.9 Å². The molecular weight excluding hydrogens is 338 g/mol. The van der Waals surface area contributed by atoms with E-state index < -0.39 is 4.92 Å². The first kappa shape index (κ1) is 15.2. The van der Waals surface area contributed by atoms with Gasteiger partial charge >= 0.3 is 0 Å². The molecular formula is C15H12BrNO4. The van der Waals surface area contributed by atoms with Crippen LogP contribution in [-0.4, -0.2) is 17.3 Å². The quantitative estimate of drug-likeness (QED) is 0.465. The molecule has 0 heterocycles. The lowest BCUT2D eigenvalue weighted by Crippen LogP contribution is -2.11. The fraction of sp³-hybridized carbons (Fsp3) is 0.133. The lowest BCUT2D eigenvalue weighted by molar-refractivity contribution is -0.385. The Bertz CT molecular complexity index is 700. The zero-order valence-corrected chi connectivity index (χ0v) is 12.8. The first-order valence-electron chi connectivity index (χ1n) is 6.14. The summed E-state index contributed by atoms with van der Waals surface area (Å²) in [6.07, 6.45) is 0. The Morgan fingerprint density at radius 2 is 2.05 bits per heavy atom. The molecule has 2 aromatic rings. The smallest absolute Gasteiger partial charge is 0.272 e. The van der Waals surface area contributed by atoms with Crippen LogP contribution in [0.5, 0.6) is 5.75 Å². The number of ketones is 1. The summed E-state index contributed by atoms with van der Waals surface area (Å²) in [7, 11) is 0. The van der Waals surface area contributed by atoms with E-state index in [1.54, 1.807) is 31.2 Å². The number of carbonyl (C=O) groups excluding carboxylic acids is 1. The van der Waals surface area contributed by atoms with E-state index in [-0.39, 0.29) is 18.1 Å². The number of hydrogen-bond donors (Lipinski definition) is 0. The maximum atomic E-state index is 12.0. The SMILES string of the molecule is Cc1cc(OCC(=O)c2cccc(Br)c2)ccc1[N+](=O)[O-]. The number of carbonyl (C=O) groups is 1.